The Morgan fingerprint density at radius 1 is 0.909 bits per heavy atom. The zero-order valence-corrected chi connectivity index (χ0v) is 11.9. The summed E-state index contributed by atoms with van der Waals surface area (Å²) in [6.07, 6.45) is 0.000217. The number of carbonyl (C=O) groups is 2. The van der Waals surface area contributed by atoms with Gasteiger partial charge in [0.2, 0.25) is 11.8 Å². The highest BCUT2D eigenvalue weighted by atomic mass is 19.4. The Labute approximate surface area is 126 Å². The molecule has 1 aliphatic heterocycles. The van der Waals surface area contributed by atoms with Gasteiger partial charge in [0.15, 0.2) is 0 Å². The van der Waals surface area contributed by atoms with E-state index in [2.05, 4.69) is 0 Å². The van der Waals surface area contributed by atoms with Crippen LogP contribution in [0.5, 0.6) is 0 Å². The van der Waals surface area contributed by atoms with Crippen LogP contribution in [0.1, 0.15) is 44.1 Å². The van der Waals surface area contributed by atoms with Crippen LogP contribution in [0.25, 0.3) is 0 Å². The summed E-state index contributed by atoms with van der Waals surface area (Å²) < 4.78 is 37.7. The van der Waals surface area contributed by atoms with Crippen molar-refractivity contribution in [1.82, 2.24) is 0 Å². The van der Waals surface area contributed by atoms with Gasteiger partial charge in [0.25, 0.3) is 0 Å². The zero-order chi connectivity index (χ0) is 16.0. The van der Waals surface area contributed by atoms with Crippen LogP contribution >= 0.6 is 0 Å². The molecule has 0 radical (unpaired) electrons. The summed E-state index contributed by atoms with van der Waals surface area (Å²) in [5.41, 5.74) is -0.785. The molecule has 1 aromatic carbocycles. The highest BCUT2D eigenvalue weighted by Crippen LogP contribution is 2.47. The molecule has 6 heteroatoms. The molecule has 3 nitrogen and oxygen atoms in total. The van der Waals surface area contributed by atoms with E-state index in [9.17, 15) is 22.8 Å². The number of alkyl halides is 3. The fourth-order valence-corrected chi connectivity index (χ4v) is 3.57. The van der Waals surface area contributed by atoms with Crippen molar-refractivity contribution in [2.24, 2.45) is 5.41 Å². The van der Waals surface area contributed by atoms with E-state index in [0.29, 0.717) is 12.8 Å². The van der Waals surface area contributed by atoms with Crippen LogP contribution in [0.2, 0.25) is 0 Å². The van der Waals surface area contributed by atoms with Crippen molar-refractivity contribution in [2.45, 2.75) is 44.7 Å². The number of amides is 2. The van der Waals surface area contributed by atoms with E-state index in [1.165, 1.54) is 12.1 Å². The zero-order valence-electron chi connectivity index (χ0n) is 11.9. The van der Waals surface area contributed by atoms with Crippen molar-refractivity contribution >= 4 is 17.5 Å². The molecule has 1 spiro atoms. The molecule has 2 amide bonds. The first-order valence-electron chi connectivity index (χ1n) is 7.34. The lowest BCUT2D eigenvalue weighted by Gasteiger charge is -2.37. The second-order valence-corrected chi connectivity index (χ2v) is 6.23. The molecule has 1 saturated heterocycles. The Morgan fingerprint density at radius 3 is 1.86 bits per heavy atom. The van der Waals surface area contributed by atoms with E-state index >= 15 is 0 Å². The van der Waals surface area contributed by atoms with Crippen molar-refractivity contribution in [2.75, 3.05) is 4.90 Å². The van der Waals surface area contributed by atoms with Gasteiger partial charge < -0.3 is 0 Å². The highest BCUT2D eigenvalue weighted by molar-refractivity contribution is 6.17. The predicted octanol–water partition coefficient (Wildman–Crippen LogP) is 3.92. The third kappa shape index (κ3) is 2.62. The molecule has 22 heavy (non-hydrogen) atoms. The first-order valence-corrected chi connectivity index (χ1v) is 7.34. The number of nitrogens with zero attached hydrogens (tertiary/aromatic N) is 1. The standard InChI is InChI=1S/C16H16F3NO2/c17-16(18,19)11-3-5-12(6-4-11)20-13(21)9-15(10-14(20)22)7-1-2-8-15/h3-6H,1-2,7-10H2. The third-order valence-corrected chi connectivity index (χ3v) is 4.67. The summed E-state index contributed by atoms with van der Waals surface area (Å²) in [5.74, 6) is -0.615. The molecule has 2 aliphatic rings. The van der Waals surface area contributed by atoms with Gasteiger partial charge in [-0.25, -0.2) is 0 Å². The summed E-state index contributed by atoms with van der Waals surface area (Å²) in [6, 6.07) is 4.17. The summed E-state index contributed by atoms with van der Waals surface area (Å²) >= 11 is 0. The third-order valence-electron chi connectivity index (χ3n) is 4.67. The van der Waals surface area contributed by atoms with Crippen LogP contribution in [0, 0.1) is 5.41 Å². The van der Waals surface area contributed by atoms with E-state index in [4.69, 9.17) is 0 Å². The van der Waals surface area contributed by atoms with Crippen LogP contribution in [0.3, 0.4) is 0 Å². The molecule has 0 bridgehead atoms. The van der Waals surface area contributed by atoms with E-state index < -0.39 is 11.7 Å². The second-order valence-electron chi connectivity index (χ2n) is 6.23. The lowest BCUT2D eigenvalue weighted by molar-refractivity contribution is -0.137. The Hall–Kier alpha value is -1.85. The molecule has 0 aromatic heterocycles. The molecule has 2 fully saturated rings. The molecule has 0 atom stereocenters. The normalized spacial score (nSPS) is 21.7. The van der Waals surface area contributed by atoms with Gasteiger partial charge in [0.1, 0.15) is 0 Å². The minimum atomic E-state index is -4.43. The largest absolute Gasteiger partial charge is 0.416 e. The molecule has 1 aromatic rings. The van der Waals surface area contributed by atoms with Crippen molar-refractivity contribution in [3.8, 4) is 0 Å². The van der Waals surface area contributed by atoms with Gasteiger partial charge in [-0.05, 0) is 42.5 Å². The molecule has 0 N–H and O–H groups in total. The Balaban J connectivity index is 1.83. The number of hydrogen-bond donors (Lipinski definition) is 0. The number of carbonyl (C=O) groups excluding carboxylic acids is 2. The van der Waals surface area contributed by atoms with Gasteiger partial charge in [-0.2, -0.15) is 13.2 Å². The minimum absolute atomic E-state index is 0.212. The molecular weight excluding hydrogens is 295 g/mol. The molecule has 1 saturated carbocycles. The maximum atomic E-state index is 12.6. The summed E-state index contributed by atoms with van der Waals surface area (Å²) in [5, 5.41) is 0. The maximum Gasteiger partial charge on any atom is 0.416 e. The van der Waals surface area contributed by atoms with Gasteiger partial charge in [0, 0.05) is 12.8 Å². The van der Waals surface area contributed by atoms with Crippen LogP contribution < -0.4 is 4.90 Å². The average molecular weight is 311 g/mol. The number of piperidine rings is 1. The quantitative estimate of drug-likeness (QED) is 0.737. The number of anilines is 1. The number of imide groups is 1. The molecule has 118 valence electrons. The second kappa shape index (κ2) is 5.11. The summed E-state index contributed by atoms with van der Waals surface area (Å²) in [6.45, 7) is 0. The first kappa shape index (κ1) is 15.1. The van der Waals surface area contributed by atoms with E-state index in [-0.39, 0.29) is 22.9 Å². The Kier molecular flexibility index (Phi) is 3.50. The fraction of sp³-hybridized carbons (Fsp3) is 0.500. The van der Waals surface area contributed by atoms with Crippen molar-refractivity contribution < 1.29 is 22.8 Å². The van der Waals surface area contributed by atoms with Crippen molar-refractivity contribution in [3.63, 3.8) is 0 Å². The van der Waals surface area contributed by atoms with Gasteiger partial charge >= 0.3 is 6.18 Å². The number of rotatable bonds is 1. The van der Waals surface area contributed by atoms with Gasteiger partial charge in [-0.1, -0.05) is 12.8 Å². The van der Waals surface area contributed by atoms with Crippen LogP contribution in [-0.2, 0) is 15.8 Å². The van der Waals surface area contributed by atoms with Gasteiger partial charge in [-0.3, -0.25) is 14.5 Å². The first-order chi connectivity index (χ1) is 10.3. The fourth-order valence-electron chi connectivity index (χ4n) is 3.57. The molecule has 1 aliphatic carbocycles. The van der Waals surface area contributed by atoms with Gasteiger partial charge in [-0.15, -0.1) is 0 Å². The summed E-state index contributed by atoms with van der Waals surface area (Å²) in [7, 11) is 0. The molecule has 1 heterocycles. The van der Waals surface area contributed by atoms with Crippen LogP contribution in [0.15, 0.2) is 24.3 Å². The molecule has 3 rings (SSSR count). The summed E-state index contributed by atoms with van der Waals surface area (Å²) in [4.78, 5) is 25.7. The molecular formula is C16H16F3NO2. The highest BCUT2D eigenvalue weighted by Gasteiger charge is 2.45. The van der Waals surface area contributed by atoms with E-state index in [1.54, 1.807) is 0 Å². The number of benzene rings is 1. The lowest BCUT2D eigenvalue weighted by atomic mass is 9.76. The topological polar surface area (TPSA) is 37.4 Å². The average Bonchev–Trinajstić information content (AvgIpc) is 2.85. The lowest BCUT2D eigenvalue weighted by Crippen LogP contribution is -2.47. The Bertz CT molecular complexity index is 581. The van der Waals surface area contributed by atoms with Crippen molar-refractivity contribution in [1.29, 1.82) is 0 Å². The monoisotopic (exact) mass is 311 g/mol. The van der Waals surface area contributed by atoms with Gasteiger partial charge in [0.05, 0.1) is 11.3 Å². The van der Waals surface area contributed by atoms with E-state index in [0.717, 1.165) is 42.7 Å². The number of hydrogen-bond acceptors (Lipinski definition) is 2. The Morgan fingerprint density at radius 2 is 1.41 bits per heavy atom. The number of halogens is 3. The molecule has 0 unspecified atom stereocenters. The predicted molar refractivity (Wildman–Crippen MR) is 74.1 cm³/mol. The van der Waals surface area contributed by atoms with Crippen LogP contribution in [0.4, 0.5) is 18.9 Å². The minimum Gasteiger partial charge on any atom is -0.274 e. The van der Waals surface area contributed by atoms with Crippen molar-refractivity contribution in [3.05, 3.63) is 29.8 Å². The smallest absolute Gasteiger partial charge is 0.274 e. The SMILES string of the molecule is O=C1CC2(CCCC2)CC(=O)N1c1ccc(C(F)(F)F)cc1. The maximum absolute atomic E-state index is 12.6. The van der Waals surface area contributed by atoms with Crippen LogP contribution in [-0.4, -0.2) is 11.8 Å². The van der Waals surface area contributed by atoms with E-state index in [1.807, 2.05) is 0 Å².